The minimum absolute atomic E-state index is 0.479. The summed E-state index contributed by atoms with van der Waals surface area (Å²) >= 11 is 0. The van der Waals surface area contributed by atoms with E-state index in [1.165, 1.54) is 51.4 Å². The second kappa shape index (κ2) is 8.59. The van der Waals surface area contributed by atoms with Gasteiger partial charge in [0, 0.05) is 0 Å². The molecule has 4 saturated carbocycles. The molecule has 0 nitrogen and oxygen atoms in total. The van der Waals surface area contributed by atoms with E-state index in [0.29, 0.717) is 16.2 Å². The first-order valence-corrected chi connectivity index (χ1v) is 14.8. The first-order chi connectivity index (χ1) is 14.8. The number of hydrogen-bond donors (Lipinski definition) is 0. The summed E-state index contributed by atoms with van der Waals surface area (Å²) in [5.74, 6) is 9.59. The summed E-state index contributed by atoms with van der Waals surface area (Å²) < 4.78 is 0. The van der Waals surface area contributed by atoms with E-state index in [2.05, 4.69) is 69.2 Å². The van der Waals surface area contributed by atoms with E-state index in [4.69, 9.17) is 0 Å². The van der Waals surface area contributed by atoms with E-state index in [0.717, 1.165) is 59.2 Å². The van der Waals surface area contributed by atoms with Crippen LogP contribution in [0.3, 0.4) is 0 Å². The minimum Gasteiger partial charge on any atom is -0.0622 e. The lowest BCUT2D eigenvalue weighted by molar-refractivity contribution is -0.150. The molecule has 0 saturated heterocycles. The molecule has 3 unspecified atom stereocenters. The second-order valence-electron chi connectivity index (χ2n) is 15.8. The van der Waals surface area contributed by atoms with Crippen molar-refractivity contribution in [3.63, 3.8) is 0 Å². The fourth-order valence-corrected chi connectivity index (χ4v) is 10.5. The molecule has 0 amide bonds. The predicted octanol–water partition coefficient (Wildman–Crippen LogP) is 9.87. The van der Waals surface area contributed by atoms with Crippen molar-refractivity contribution < 1.29 is 0 Å². The van der Waals surface area contributed by atoms with Crippen molar-refractivity contribution in [3.05, 3.63) is 0 Å². The van der Waals surface area contributed by atoms with Gasteiger partial charge in [-0.2, -0.15) is 0 Å². The van der Waals surface area contributed by atoms with Gasteiger partial charge >= 0.3 is 0 Å². The molecular formula is C32H58. The molecule has 0 heterocycles. The lowest BCUT2D eigenvalue weighted by Gasteiger charge is -2.64. The molecule has 0 spiro atoms. The normalized spacial score (nSPS) is 50.8. The standard InChI is InChI=1S/C32H58/c1-20(13-15-30(6,7)8)24(5)26-11-12-27-25-17-22(3)29-18-21(2)23(4)19-32(29,10)28(25)14-16-31(26,27)9/h20-29H,11-19H2,1-10H3/t20-,21-,22+,23+,24-,25?,26-,27?,28?,29+,31-,32-/m1/s1. The molecule has 12 atom stereocenters. The van der Waals surface area contributed by atoms with Crippen LogP contribution in [0.5, 0.6) is 0 Å². The molecule has 0 aromatic heterocycles. The Bertz CT molecular complexity index is 655. The summed E-state index contributed by atoms with van der Waals surface area (Å²) in [4.78, 5) is 0. The Morgan fingerprint density at radius 2 is 1.44 bits per heavy atom. The Morgan fingerprint density at radius 3 is 2.09 bits per heavy atom. The van der Waals surface area contributed by atoms with Crippen molar-refractivity contribution in [1.29, 1.82) is 0 Å². The zero-order valence-corrected chi connectivity index (χ0v) is 23.6. The van der Waals surface area contributed by atoms with Gasteiger partial charge in [0.2, 0.25) is 0 Å². The highest BCUT2D eigenvalue weighted by Gasteiger charge is 2.62. The molecule has 4 fully saturated rings. The largest absolute Gasteiger partial charge is 0.0622 e. The van der Waals surface area contributed by atoms with Crippen LogP contribution in [0.2, 0.25) is 0 Å². The summed E-state index contributed by atoms with van der Waals surface area (Å²) in [7, 11) is 0. The summed E-state index contributed by atoms with van der Waals surface area (Å²) in [5, 5.41) is 0. The Hall–Kier alpha value is 0. The third-order valence-corrected chi connectivity index (χ3v) is 12.8. The lowest BCUT2D eigenvalue weighted by Crippen LogP contribution is -2.57. The molecule has 4 aliphatic carbocycles. The van der Waals surface area contributed by atoms with Crippen LogP contribution in [-0.2, 0) is 0 Å². The van der Waals surface area contributed by atoms with Gasteiger partial charge in [-0.1, -0.05) is 69.2 Å². The minimum atomic E-state index is 0.479. The number of fused-ring (bicyclic) bond motifs is 5. The number of hydrogen-bond acceptors (Lipinski definition) is 0. The van der Waals surface area contributed by atoms with E-state index in [9.17, 15) is 0 Å². The van der Waals surface area contributed by atoms with Crippen molar-refractivity contribution >= 4 is 0 Å². The van der Waals surface area contributed by atoms with Crippen LogP contribution in [-0.4, -0.2) is 0 Å². The van der Waals surface area contributed by atoms with Crippen LogP contribution >= 0.6 is 0 Å². The molecule has 0 N–H and O–H groups in total. The van der Waals surface area contributed by atoms with Gasteiger partial charge < -0.3 is 0 Å². The molecule has 32 heavy (non-hydrogen) atoms. The summed E-state index contributed by atoms with van der Waals surface area (Å²) in [6.45, 7) is 25.8. The predicted molar refractivity (Wildman–Crippen MR) is 140 cm³/mol. The average Bonchev–Trinajstić information content (AvgIpc) is 3.04. The molecule has 0 aromatic carbocycles. The van der Waals surface area contributed by atoms with Crippen molar-refractivity contribution in [1.82, 2.24) is 0 Å². The summed E-state index contributed by atoms with van der Waals surface area (Å²) in [5.41, 5.74) is 1.72. The van der Waals surface area contributed by atoms with Crippen LogP contribution < -0.4 is 0 Å². The van der Waals surface area contributed by atoms with E-state index >= 15 is 0 Å². The molecule has 4 rings (SSSR count). The Labute approximate surface area is 202 Å². The van der Waals surface area contributed by atoms with Crippen LogP contribution in [0.4, 0.5) is 0 Å². The van der Waals surface area contributed by atoms with Crippen molar-refractivity contribution in [2.24, 2.45) is 75.4 Å². The first-order valence-electron chi connectivity index (χ1n) is 14.8. The van der Waals surface area contributed by atoms with Gasteiger partial charge in [0.1, 0.15) is 0 Å². The maximum atomic E-state index is 2.77. The topological polar surface area (TPSA) is 0 Å². The highest BCUT2D eigenvalue weighted by molar-refractivity contribution is 5.11. The highest BCUT2D eigenvalue weighted by Crippen LogP contribution is 2.70. The van der Waals surface area contributed by atoms with E-state index in [-0.39, 0.29) is 0 Å². The molecule has 0 radical (unpaired) electrons. The highest BCUT2D eigenvalue weighted by atomic mass is 14.7. The van der Waals surface area contributed by atoms with Crippen LogP contribution in [0.15, 0.2) is 0 Å². The van der Waals surface area contributed by atoms with Gasteiger partial charge in [0.25, 0.3) is 0 Å². The van der Waals surface area contributed by atoms with Crippen LogP contribution in [0.1, 0.15) is 127 Å². The van der Waals surface area contributed by atoms with Gasteiger partial charge in [-0.25, -0.2) is 0 Å². The Balaban J connectivity index is 1.52. The van der Waals surface area contributed by atoms with Crippen LogP contribution in [0.25, 0.3) is 0 Å². The third kappa shape index (κ3) is 4.15. The SMILES string of the molecule is C[C@H]([C@H](C)CCC(C)(C)C)[C@H]1CCC2C3C[C@H](C)[C@@H]4C[C@@H](C)[C@@H](C)C[C@]4(C)C3CC[C@@]21C. The molecule has 186 valence electrons. The maximum Gasteiger partial charge on any atom is -0.0261 e. The van der Waals surface area contributed by atoms with Crippen molar-refractivity contribution in [2.75, 3.05) is 0 Å². The zero-order valence-electron chi connectivity index (χ0n) is 23.6. The Kier molecular flexibility index (Phi) is 6.74. The molecule has 4 aliphatic rings. The quantitative estimate of drug-likeness (QED) is 0.406. The van der Waals surface area contributed by atoms with Crippen LogP contribution in [0, 0.1) is 75.4 Å². The van der Waals surface area contributed by atoms with Gasteiger partial charge in [-0.05, 0) is 133 Å². The lowest BCUT2D eigenvalue weighted by atomic mass is 9.41. The van der Waals surface area contributed by atoms with Gasteiger partial charge in [-0.3, -0.25) is 0 Å². The maximum absolute atomic E-state index is 2.77. The second-order valence-corrected chi connectivity index (χ2v) is 15.8. The smallest absolute Gasteiger partial charge is 0.0261 e. The third-order valence-electron chi connectivity index (χ3n) is 12.8. The van der Waals surface area contributed by atoms with E-state index in [1.54, 1.807) is 6.42 Å². The molecular weight excluding hydrogens is 384 g/mol. The summed E-state index contributed by atoms with van der Waals surface area (Å²) in [6.07, 6.45) is 13.5. The van der Waals surface area contributed by atoms with Gasteiger partial charge in [0.05, 0.1) is 0 Å². The first kappa shape index (κ1) is 25.1. The van der Waals surface area contributed by atoms with Crippen molar-refractivity contribution in [3.8, 4) is 0 Å². The summed E-state index contributed by atoms with van der Waals surface area (Å²) in [6, 6.07) is 0. The van der Waals surface area contributed by atoms with Crippen molar-refractivity contribution in [2.45, 2.75) is 127 Å². The molecule has 0 aliphatic heterocycles. The van der Waals surface area contributed by atoms with Gasteiger partial charge in [0.15, 0.2) is 0 Å². The monoisotopic (exact) mass is 442 g/mol. The Morgan fingerprint density at radius 1 is 0.781 bits per heavy atom. The number of rotatable bonds is 4. The molecule has 0 bridgehead atoms. The average molecular weight is 443 g/mol. The van der Waals surface area contributed by atoms with E-state index < -0.39 is 0 Å². The van der Waals surface area contributed by atoms with Gasteiger partial charge in [-0.15, -0.1) is 0 Å². The zero-order chi connectivity index (χ0) is 23.6. The fourth-order valence-electron chi connectivity index (χ4n) is 10.5. The molecule has 0 aromatic rings. The molecule has 0 heteroatoms. The van der Waals surface area contributed by atoms with E-state index in [1.807, 2.05) is 0 Å². The fraction of sp³-hybridized carbons (Fsp3) is 1.00.